The molecule has 0 unspecified atom stereocenters. The first kappa shape index (κ1) is 19.4. The Kier molecular flexibility index (Phi) is 5.80. The molecule has 1 aromatic heterocycles. The second-order valence-corrected chi connectivity index (χ2v) is 7.85. The van der Waals surface area contributed by atoms with Crippen molar-refractivity contribution in [1.29, 1.82) is 0 Å². The topological polar surface area (TPSA) is 77.2 Å². The number of ether oxygens (including phenoxy) is 1. The number of carbonyl (C=O) groups is 1. The normalized spacial score (nSPS) is 13.1. The highest BCUT2D eigenvalue weighted by Gasteiger charge is 2.15. The van der Waals surface area contributed by atoms with Gasteiger partial charge in [0.05, 0.1) is 12.4 Å². The van der Waals surface area contributed by atoms with E-state index < -0.39 is 0 Å². The van der Waals surface area contributed by atoms with E-state index in [4.69, 9.17) is 9.26 Å². The molecule has 2 heterocycles. The third kappa shape index (κ3) is 4.76. The fourth-order valence-corrected chi connectivity index (χ4v) is 3.63. The molecule has 0 bridgehead atoms. The largest absolute Gasteiger partial charge is 0.493 e. The van der Waals surface area contributed by atoms with Gasteiger partial charge in [-0.2, -0.15) is 4.98 Å². The molecule has 0 spiro atoms. The number of thioether (sulfide) groups is 1. The Bertz CT molecular complexity index is 1040. The molecule has 0 aliphatic carbocycles. The fourth-order valence-electron chi connectivity index (χ4n) is 2.99. The number of hydrogen-bond acceptors (Lipinski definition) is 6. The fraction of sp³-hybridized carbons (Fsp3) is 0.286. The van der Waals surface area contributed by atoms with Crippen molar-refractivity contribution < 1.29 is 18.4 Å². The summed E-state index contributed by atoms with van der Waals surface area (Å²) in [6, 6.07) is 10.6. The zero-order valence-corrected chi connectivity index (χ0v) is 16.7. The highest BCUT2D eigenvalue weighted by Crippen LogP contribution is 2.27. The Morgan fingerprint density at radius 3 is 3.00 bits per heavy atom. The first-order chi connectivity index (χ1) is 14.1. The van der Waals surface area contributed by atoms with Crippen molar-refractivity contribution in [1.82, 2.24) is 10.1 Å². The van der Waals surface area contributed by atoms with E-state index in [0.717, 1.165) is 29.2 Å². The first-order valence-electron chi connectivity index (χ1n) is 9.31. The van der Waals surface area contributed by atoms with Gasteiger partial charge in [-0.15, -0.1) is 11.8 Å². The molecule has 1 amide bonds. The number of rotatable bonds is 7. The Morgan fingerprint density at radius 1 is 1.24 bits per heavy atom. The van der Waals surface area contributed by atoms with Gasteiger partial charge < -0.3 is 14.6 Å². The predicted octanol–water partition coefficient (Wildman–Crippen LogP) is 4.38. The van der Waals surface area contributed by atoms with Gasteiger partial charge in [-0.25, -0.2) is 4.39 Å². The monoisotopic (exact) mass is 413 g/mol. The third-order valence-electron chi connectivity index (χ3n) is 4.59. The van der Waals surface area contributed by atoms with E-state index in [2.05, 4.69) is 15.5 Å². The van der Waals surface area contributed by atoms with E-state index in [-0.39, 0.29) is 11.7 Å². The molecule has 0 atom stereocenters. The first-order valence-corrected chi connectivity index (χ1v) is 10.5. The minimum absolute atomic E-state index is 0.0549. The van der Waals surface area contributed by atoms with Crippen LogP contribution in [0.4, 0.5) is 10.1 Å². The number of aromatic nitrogens is 2. The summed E-state index contributed by atoms with van der Waals surface area (Å²) in [5.74, 6) is 2.75. The van der Waals surface area contributed by atoms with Crippen molar-refractivity contribution in [2.24, 2.45) is 0 Å². The van der Waals surface area contributed by atoms with Crippen molar-refractivity contribution in [3.8, 4) is 17.1 Å². The van der Waals surface area contributed by atoms with Crippen LogP contribution in [0, 0.1) is 12.7 Å². The van der Waals surface area contributed by atoms with Crippen LogP contribution in [-0.4, -0.2) is 28.4 Å². The molecule has 4 rings (SSSR count). The van der Waals surface area contributed by atoms with E-state index in [0.29, 0.717) is 41.6 Å². The van der Waals surface area contributed by atoms with Crippen LogP contribution in [0.2, 0.25) is 0 Å². The molecule has 8 heteroatoms. The van der Waals surface area contributed by atoms with E-state index in [9.17, 15) is 9.18 Å². The Morgan fingerprint density at radius 2 is 2.14 bits per heavy atom. The van der Waals surface area contributed by atoms with Gasteiger partial charge in [-0.05, 0) is 48.7 Å². The minimum atomic E-state index is -0.287. The summed E-state index contributed by atoms with van der Waals surface area (Å²) in [4.78, 5) is 15.7. The van der Waals surface area contributed by atoms with Crippen LogP contribution in [0.25, 0.3) is 11.4 Å². The van der Waals surface area contributed by atoms with Crippen LogP contribution in [0.1, 0.15) is 23.4 Å². The van der Waals surface area contributed by atoms with Gasteiger partial charge in [-0.1, -0.05) is 17.3 Å². The van der Waals surface area contributed by atoms with Gasteiger partial charge in [0.25, 0.3) is 0 Å². The number of aryl methyl sites for hydroxylation is 2. The summed E-state index contributed by atoms with van der Waals surface area (Å²) in [5, 5.41) is 6.78. The van der Waals surface area contributed by atoms with Crippen LogP contribution in [0.3, 0.4) is 0 Å². The molecule has 1 aliphatic heterocycles. The van der Waals surface area contributed by atoms with Gasteiger partial charge >= 0.3 is 0 Å². The highest BCUT2D eigenvalue weighted by atomic mass is 32.2. The lowest BCUT2D eigenvalue weighted by Crippen LogP contribution is -2.18. The zero-order chi connectivity index (χ0) is 20.2. The van der Waals surface area contributed by atoms with Crippen LogP contribution < -0.4 is 10.1 Å². The SMILES string of the molecule is Cc1ccc(-c2noc(CSCCOc3ccc4c(c3)CCC(=O)N4)n2)cc1F. The molecule has 1 N–H and O–H groups in total. The second-order valence-electron chi connectivity index (χ2n) is 6.74. The number of nitrogens with one attached hydrogen (secondary N) is 1. The standard InChI is InChI=1S/C21H20FN3O3S/c1-13-2-3-15(11-17(13)22)21-24-20(28-25-21)12-29-9-8-27-16-5-6-18-14(10-16)4-7-19(26)23-18/h2-3,5-6,10-11H,4,7-9,12H2,1H3,(H,23,26). The molecular weight excluding hydrogens is 393 g/mol. The molecule has 0 fully saturated rings. The van der Waals surface area contributed by atoms with Crippen LogP contribution in [0.5, 0.6) is 5.75 Å². The minimum Gasteiger partial charge on any atom is -0.493 e. The molecule has 150 valence electrons. The Labute approximate surface area is 171 Å². The zero-order valence-electron chi connectivity index (χ0n) is 15.9. The van der Waals surface area contributed by atoms with E-state index >= 15 is 0 Å². The summed E-state index contributed by atoms with van der Waals surface area (Å²) in [5.41, 5.74) is 3.14. The molecular formula is C21H20FN3O3S. The quantitative estimate of drug-likeness (QED) is 0.579. The number of nitrogens with zero attached hydrogens (tertiary/aromatic N) is 2. The van der Waals surface area contributed by atoms with Crippen molar-refractivity contribution in [3.05, 3.63) is 59.2 Å². The number of hydrogen-bond donors (Lipinski definition) is 1. The molecule has 29 heavy (non-hydrogen) atoms. The maximum atomic E-state index is 13.7. The lowest BCUT2D eigenvalue weighted by molar-refractivity contribution is -0.116. The average Bonchev–Trinajstić information content (AvgIpc) is 3.19. The third-order valence-corrected chi connectivity index (χ3v) is 5.50. The predicted molar refractivity (Wildman–Crippen MR) is 109 cm³/mol. The van der Waals surface area contributed by atoms with E-state index in [1.165, 1.54) is 6.07 Å². The molecule has 0 radical (unpaired) electrons. The molecule has 3 aromatic rings. The molecule has 0 saturated carbocycles. The Hall–Kier alpha value is -2.87. The summed E-state index contributed by atoms with van der Waals surface area (Å²) in [6.45, 7) is 2.25. The van der Waals surface area contributed by atoms with Crippen LogP contribution in [0.15, 0.2) is 40.9 Å². The summed E-state index contributed by atoms with van der Waals surface area (Å²) in [7, 11) is 0. The second kappa shape index (κ2) is 8.65. The maximum absolute atomic E-state index is 13.7. The van der Waals surface area contributed by atoms with Gasteiger partial charge in [0, 0.05) is 23.4 Å². The molecule has 2 aromatic carbocycles. The van der Waals surface area contributed by atoms with Crippen molar-refractivity contribution in [2.75, 3.05) is 17.7 Å². The number of amides is 1. The van der Waals surface area contributed by atoms with Crippen molar-refractivity contribution >= 4 is 23.4 Å². The maximum Gasteiger partial charge on any atom is 0.236 e. The molecule has 6 nitrogen and oxygen atoms in total. The Balaban J connectivity index is 1.24. The van der Waals surface area contributed by atoms with Gasteiger partial charge in [0.1, 0.15) is 11.6 Å². The lowest BCUT2D eigenvalue weighted by atomic mass is 10.0. The van der Waals surface area contributed by atoms with Crippen molar-refractivity contribution in [2.45, 2.75) is 25.5 Å². The molecule has 0 saturated heterocycles. The van der Waals surface area contributed by atoms with E-state index in [1.54, 1.807) is 30.8 Å². The van der Waals surface area contributed by atoms with Gasteiger partial charge in [0.2, 0.25) is 17.6 Å². The van der Waals surface area contributed by atoms with Crippen LogP contribution in [-0.2, 0) is 17.0 Å². The van der Waals surface area contributed by atoms with Crippen molar-refractivity contribution in [3.63, 3.8) is 0 Å². The highest BCUT2D eigenvalue weighted by molar-refractivity contribution is 7.98. The molecule has 1 aliphatic rings. The smallest absolute Gasteiger partial charge is 0.236 e. The summed E-state index contributed by atoms with van der Waals surface area (Å²) in [6.07, 6.45) is 1.24. The summed E-state index contributed by atoms with van der Waals surface area (Å²) < 4.78 is 24.7. The van der Waals surface area contributed by atoms with E-state index in [1.807, 2.05) is 18.2 Å². The number of fused-ring (bicyclic) bond motifs is 1. The van der Waals surface area contributed by atoms with Crippen LogP contribution >= 0.6 is 11.8 Å². The number of anilines is 1. The number of benzene rings is 2. The number of carbonyl (C=O) groups excluding carboxylic acids is 1. The lowest BCUT2D eigenvalue weighted by Gasteiger charge is -2.17. The van der Waals surface area contributed by atoms with Gasteiger partial charge in [0.15, 0.2) is 0 Å². The van der Waals surface area contributed by atoms with Gasteiger partial charge in [-0.3, -0.25) is 4.79 Å². The summed E-state index contributed by atoms with van der Waals surface area (Å²) >= 11 is 1.62. The average molecular weight is 413 g/mol. The number of halogens is 1.